The largest absolute Gasteiger partial charge is 0.383 e. The third-order valence-corrected chi connectivity index (χ3v) is 2.86. The van der Waals surface area contributed by atoms with Crippen LogP contribution in [0.1, 0.15) is 18.9 Å². The first-order valence-electron chi connectivity index (χ1n) is 7.06. The topological polar surface area (TPSA) is 59.5 Å². The summed E-state index contributed by atoms with van der Waals surface area (Å²) < 4.78 is 10.2. The molecule has 0 spiro atoms. The normalized spacial score (nSPS) is 10.8. The van der Waals surface area contributed by atoms with Gasteiger partial charge in [0.25, 0.3) is 0 Å². The summed E-state index contributed by atoms with van der Waals surface area (Å²) in [6.45, 7) is 6.77. The minimum Gasteiger partial charge on any atom is -0.383 e. The van der Waals surface area contributed by atoms with Crippen LogP contribution in [0.15, 0.2) is 12.4 Å². The average molecular weight is 282 g/mol. The molecule has 0 atom stereocenters. The predicted octanol–water partition coefficient (Wildman–Crippen LogP) is 1.08. The first kappa shape index (κ1) is 16.8. The van der Waals surface area contributed by atoms with Crippen LogP contribution in [0.3, 0.4) is 0 Å². The van der Waals surface area contributed by atoms with Crippen LogP contribution >= 0.6 is 0 Å². The molecule has 6 heteroatoms. The number of methoxy groups -OCH3 is 2. The van der Waals surface area contributed by atoms with Gasteiger partial charge < -0.3 is 19.7 Å². The maximum Gasteiger partial charge on any atom is 0.225 e. The van der Waals surface area contributed by atoms with E-state index in [1.165, 1.54) is 0 Å². The maximum absolute atomic E-state index is 5.11. The monoisotopic (exact) mass is 282 g/mol. The summed E-state index contributed by atoms with van der Waals surface area (Å²) in [5, 5.41) is 3.34. The molecule has 0 aromatic carbocycles. The molecule has 0 saturated carbocycles. The predicted molar refractivity (Wildman–Crippen MR) is 80.0 cm³/mol. The lowest BCUT2D eigenvalue weighted by Gasteiger charge is -2.21. The summed E-state index contributed by atoms with van der Waals surface area (Å²) >= 11 is 0. The fraction of sp³-hybridized carbons (Fsp3) is 0.714. The van der Waals surface area contributed by atoms with Gasteiger partial charge in [-0.05, 0) is 13.0 Å². The lowest BCUT2D eigenvalue weighted by molar-refractivity contribution is 0.189. The zero-order chi connectivity index (χ0) is 14.6. The van der Waals surface area contributed by atoms with Crippen LogP contribution in [0.25, 0.3) is 0 Å². The Hall–Kier alpha value is -1.24. The minimum atomic E-state index is 0.646. The molecule has 0 radical (unpaired) electrons. The van der Waals surface area contributed by atoms with Crippen LogP contribution in [0.4, 0.5) is 5.95 Å². The molecule has 0 fully saturated rings. The Bertz CT molecular complexity index is 338. The summed E-state index contributed by atoms with van der Waals surface area (Å²) in [4.78, 5) is 10.9. The van der Waals surface area contributed by atoms with E-state index in [0.717, 1.165) is 44.1 Å². The summed E-state index contributed by atoms with van der Waals surface area (Å²) in [7, 11) is 3.38. The third-order valence-electron chi connectivity index (χ3n) is 2.86. The van der Waals surface area contributed by atoms with Crippen molar-refractivity contribution >= 4 is 5.95 Å². The van der Waals surface area contributed by atoms with Gasteiger partial charge in [-0.1, -0.05) is 6.92 Å². The zero-order valence-corrected chi connectivity index (χ0v) is 12.8. The first-order chi connectivity index (χ1) is 9.81. The van der Waals surface area contributed by atoms with Crippen molar-refractivity contribution in [2.45, 2.75) is 19.9 Å². The number of hydrogen-bond donors (Lipinski definition) is 1. The van der Waals surface area contributed by atoms with Crippen molar-refractivity contribution in [3.8, 4) is 0 Å². The van der Waals surface area contributed by atoms with E-state index in [9.17, 15) is 0 Å². The standard InChI is InChI=1S/C14H26N4O2/c1-4-5-15-10-13-11-16-14(17-12-13)18(6-8-19-2)7-9-20-3/h11-12,15H,4-10H2,1-3H3. The Labute approximate surface area is 121 Å². The maximum atomic E-state index is 5.11. The molecule has 0 saturated heterocycles. The molecule has 0 aliphatic carbocycles. The van der Waals surface area contributed by atoms with E-state index in [1.54, 1.807) is 14.2 Å². The van der Waals surface area contributed by atoms with Crippen LogP contribution in [-0.4, -0.2) is 57.0 Å². The Morgan fingerprint density at radius 3 is 2.20 bits per heavy atom. The van der Waals surface area contributed by atoms with Gasteiger partial charge in [-0.2, -0.15) is 0 Å². The number of rotatable bonds is 11. The van der Waals surface area contributed by atoms with Crippen molar-refractivity contribution in [1.82, 2.24) is 15.3 Å². The Kier molecular flexibility index (Phi) is 8.86. The Balaban J connectivity index is 2.56. The summed E-state index contributed by atoms with van der Waals surface area (Å²) in [5.74, 6) is 0.721. The van der Waals surface area contributed by atoms with E-state index in [4.69, 9.17) is 9.47 Å². The second kappa shape index (κ2) is 10.5. The van der Waals surface area contributed by atoms with Gasteiger partial charge in [0.15, 0.2) is 0 Å². The van der Waals surface area contributed by atoms with Crippen molar-refractivity contribution in [1.29, 1.82) is 0 Å². The molecule has 0 aliphatic heterocycles. The SMILES string of the molecule is CCCNCc1cnc(N(CCOC)CCOC)nc1. The average Bonchev–Trinajstić information content (AvgIpc) is 2.49. The molecule has 0 aliphatic rings. The summed E-state index contributed by atoms with van der Waals surface area (Å²) in [5.41, 5.74) is 1.10. The van der Waals surface area contributed by atoms with Crippen molar-refractivity contribution in [3.63, 3.8) is 0 Å². The van der Waals surface area contributed by atoms with E-state index in [-0.39, 0.29) is 0 Å². The number of anilines is 1. The Morgan fingerprint density at radius 2 is 1.70 bits per heavy atom. The Morgan fingerprint density at radius 1 is 1.10 bits per heavy atom. The van der Waals surface area contributed by atoms with Crippen LogP contribution in [0.2, 0.25) is 0 Å². The molecule has 0 bridgehead atoms. The molecule has 114 valence electrons. The van der Waals surface area contributed by atoms with E-state index >= 15 is 0 Å². The second-order valence-corrected chi connectivity index (χ2v) is 4.54. The molecule has 1 rings (SSSR count). The van der Waals surface area contributed by atoms with Crippen LogP contribution in [0, 0.1) is 0 Å². The fourth-order valence-electron chi connectivity index (χ4n) is 1.73. The molecular weight excluding hydrogens is 256 g/mol. The molecule has 1 aromatic heterocycles. The summed E-state index contributed by atoms with van der Waals surface area (Å²) in [6, 6.07) is 0. The van der Waals surface area contributed by atoms with Crippen LogP contribution in [0.5, 0.6) is 0 Å². The van der Waals surface area contributed by atoms with Crippen LogP contribution < -0.4 is 10.2 Å². The van der Waals surface area contributed by atoms with E-state index in [0.29, 0.717) is 13.2 Å². The smallest absolute Gasteiger partial charge is 0.225 e. The quantitative estimate of drug-likeness (QED) is 0.613. The van der Waals surface area contributed by atoms with Gasteiger partial charge in [0, 0.05) is 51.8 Å². The van der Waals surface area contributed by atoms with Crippen molar-refractivity contribution in [2.24, 2.45) is 0 Å². The molecule has 1 N–H and O–H groups in total. The van der Waals surface area contributed by atoms with Crippen molar-refractivity contribution < 1.29 is 9.47 Å². The molecular formula is C14H26N4O2. The van der Waals surface area contributed by atoms with Gasteiger partial charge in [0.1, 0.15) is 0 Å². The molecule has 0 amide bonds. The van der Waals surface area contributed by atoms with Gasteiger partial charge >= 0.3 is 0 Å². The number of ether oxygens (including phenoxy) is 2. The van der Waals surface area contributed by atoms with Gasteiger partial charge in [0.2, 0.25) is 5.95 Å². The number of nitrogens with one attached hydrogen (secondary N) is 1. The minimum absolute atomic E-state index is 0.646. The van der Waals surface area contributed by atoms with Gasteiger partial charge in [-0.15, -0.1) is 0 Å². The fourth-order valence-corrected chi connectivity index (χ4v) is 1.73. The third kappa shape index (κ3) is 6.27. The van der Waals surface area contributed by atoms with Gasteiger partial charge in [0.05, 0.1) is 13.2 Å². The number of hydrogen-bond acceptors (Lipinski definition) is 6. The zero-order valence-electron chi connectivity index (χ0n) is 12.8. The summed E-state index contributed by atoms with van der Waals surface area (Å²) in [6.07, 6.45) is 4.87. The van der Waals surface area contributed by atoms with Crippen LogP contribution in [-0.2, 0) is 16.0 Å². The highest BCUT2D eigenvalue weighted by atomic mass is 16.5. The molecule has 20 heavy (non-hydrogen) atoms. The van der Waals surface area contributed by atoms with Gasteiger partial charge in [-0.3, -0.25) is 0 Å². The lowest BCUT2D eigenvalue weighted by Crippen LogP contribution is -2.32. The van der Waals surface area contributed by atoms with E-state index < -0.39 is 0 Å². The lowest BCUT2D eigenvalue weighted by atomic mass is 10.3. The van der Waals surface area contributed by atoms with Gasteiger partial charge in [-0.25, -0.2) is 9.97 Å². The highest BCUT2D eigenvalue weighted by Gasteiger charge is 2.09. The number of nitrogens with zero attached hydrogens (tertiary/aromatic N) is 3. The molecule has 1 aromatic rings. The van der Waals surface area contributed by atoms with Crippen molar-refractivity contribution in [3.05, 3.63) is 18.0 Å². The highest BCUT2D eigenvalue weighted by Crippen LogP contribution is 2.07. The molecule has 0 unspecified atom stereocenters. The number of aromatic nitrogens is 2. The van der Waals surface area contributed by atoms with E-state index in [1.807, 2.05) is 12.4 Å². The first-order valence-corrected chi connectivity index (χ1v) is 7.06. The van der Waals surface area contributed by atoms with Crippen molar-refractivity contribution in [2.75, 3.05) is 52.0 Å². The second-order valence-electron chi connectivity index (χ2n) is 4.54. The highest BCUT2D eigenvalue weighted by molar-refractivity contribution is 5.29. The van der Waals surface area contributed by atoms with E-state index in [2.05, 4.69) is 27.1 Å². The molecule has 1 heterocycles. The molecule has 6 nitrogen and oxygen atoms in total.